The zero-order valence-corrected chi connectivity index (χ0v) is 23.7. The molecule has 2 aromatic carbocycles. The molecular weight excluding hydrogens is 432 g/mol. The van der Waals surface area contributed by atoms with Crippen LogP contribution in [0.15, 0.2) is 48.5 Å². The number of hydrogen-bond donors (Lipinski definition) is 0. The smallest absolute Gasteiger partial charge is 0.872 e. The van der Waals surface area contributed by atoms with E-state index >= 15 is 0 Å². The van der Waals surface area contributed by atoms with E-state index in [2.05, 4.69) is 13.8 Å². The van der Waals surface area contributed by atoms with Crippen molar-refractivity contribution < 1.29 is 10.2 Å². The SMILES string of the molecule is CCCCCCCCCc1ccccc1[O-].CCCCCCCCCc1ccccc1[O-].[Ca+2]. The van der Waals surface area contributed by atoms with Crippen molar-refractivity contribution in [3.63, 3.8) is 0 Å². The van der Waals surface area contributed by atoms with Crippen molar-refractivity contribution in [3.8, 4) is 11.5 Å². The van der Waals surface area contributed by atoms with Crippen molar-refractivity contribution in [2.45, 2.75) is 117 Å². The summed E-state index contributed by atoms with van der Waals surface area (Å²) < 4.78 is 0. The van der Waals surface area contributed by atoms with Gasteiger partial charge in [-0.25, -0.2) is 0 Å². The van der Waals surface area contributed by atoms with Crippen LogP contribution in [0.25, 0.3) is 0 Å². The van der Waals surface area contributed by atoms with Crippen LogP contribution in [-0.2, 0) is 12.8 Å². The van der Waals surface area contributed by atoms with Gasteiger partial charge in [0.1, 0.15) is 0 Å². The van der Waals surface area contributed by atoms with Gasteiger partial charge < -0.3 is 10.2 Å². The van der Waals surface area contributed by atoms with E-state index in [4.69, 9.17) is 0 Å². The Balaban J connectivity index is 0.000000602. The number of para-hydroxylation sites is 2. The standard InChI is InChI=1S/2C15H24O.Ca/c2*1-2-3-4-5-6-7-8-11-14-12-9-10-13-15(14)16;/h2*9-10,12-13,16H,2-8,11H2,1H3;/q;;+2/p-2. The molecule has 33 heavy (non-hydrogen) atoms. The van der Waals surface area contributed by atoms with Gasteiger partial charge in [0.15, 0.2) is 0 Å². The fraction of sp³-hybridized carbons (Fsp3) is 0.600. The Morgan fingerprint density at radius 3 is 1.09 bits per heavy atom. The summed E-state index contributed by atoms with van der Waals surface area (Å²) in [5.41, 5.74) is 1.96. The van der Waals surface area contributed by atoms with Gasteiger partial charge in [0.2, 0.25) is 0 Å². The van der Waals surface area contributed by atoms with Crippen LogP contribution in [-0.4, -0.2) is 37.7 Å². The first kappa shape index (κ1) is 32.3. The summed E-state index contributed by atoms with van der Waals surface area (Å²) in [6.45, 7) is 4.48. The summed E-state index contributed by atoms with van der Waals surface area (Å²) >= 11 is 0. The van der Waals surface area contributed by atoms with Crippen molar-refractivity contribution in [1.29, 1.82) is 0 Å². The Kier molecular flexibility index (Phi) is 22.6. The molecule has 0 aromatic heterocycles. The molecule has 0 amide bonds. The minimum Gasteiger partial charge on any atom is -0.872 e. The van der Waals surface area contributed by atoms with Crippen molar-refractivity contribution in [1.82, 2.24) is 0 Å². The van der Waals surface area contributed by atoms with Crippen LogP contribution in [0.2, 0.25) is 0 Å². The second kappa shape index (κ2) is 23.1. The first-order valence-electron chi connectivity index (χ1n) is 13.2. The van der Waals surface area contributed by atoms with Crippen molar-refractivity contribution in [2.24, 2.45) is 0 Å². The Hall–Kier alpha value is -0.700. The summed E-state index contributed by atoms with van der Waals surface area (Å²) in [7, 11) is 0. The molecule has 2 rings (SSSR count). The maximum atomic E-state index is 11.4. The monoisotopic (exact) mass is 478 g/mol. The maximum absolute atomic E-state index is 11.4. The molecule has 0 aliphatic heterocycles. The van der Waals surface area contributed by atoms with Gasteiger partial charge in [0.05, 0.1) is 0 Å². The maximum Gasteiger partial charge on any atom is 2.00 e. The molecule has 0 saturated carbocycles. The number of hydrogen-bond acceptors (Lipinski definition) is 2. The molecule has 0 aliphatic carbocycles. The van der Waals surface area contributed by atoms with E-state index in [9.17, 15) is 10.2 Å². The first-order valence-corrected chi connectivity index (χ1v) is 13.2. The molecule has 0 heterocycles. The second-order valence-electron chi connectivity index (χ2n) is 8.96. The minimum absolute atomic E-state index is 0. The zero-order chi connectivity index (χ0) is 23.3. The average Bonchev–Trinajstić information content (AvgIpc) is 2.80. The number of unbranched alkanes of at least 4 members (excludes halogenated alkanes) is 12. The van der Waals surface area contributed by atoms with E-state index in [1.807, 2.05) is 36.4 Å². The van der Waals surface area contributed by atoms with Gasteiger partial charge in [-0.1, -0.05) is 151 Å². The number of rotatable bonds is 16. The molecule has 0 aliphatic rings. The van der Waals surface area contributed by atoms with E-state index in [1.54, 1.807) is 12.1 Å². The third-order valence-corrected chi connectivity index (χ3v) is 6.04. The molecule has 0 bridgehead atoms. The van der Waals surface area contributed by atoms with Crippen LogP contribution in [0.3, 0.4) is 0 Å². The third kappa shape index (κ3) is 17.4. The zero-order valence-electron chi connectivity index (χ0n) is 21.5. The molecule has 2 aromatic rings. The molecule has 0 saturated heterocycles. The van der Waals surface area contributed by atoms with Gasteiger partial charge in [-0.3, -0.25) is 0 Å². The topological polar surface area (TPSA) is 46.1 Å². The van der Waals surface area contributed by atoms with Gasteiger partial charge >= 0.3 is 37.7 Å². The van der Waals surface area contributed by atoms with Gasteiger partial charge in [-0.15, -0.1) is 11.5 Å². The minimum atomic E-state index is 0. The van der Waals surface area contributed by atoms with Crippen molar-refractivity contribution in [2.75, 3.05) is 0 Å². The average molecular weight is 479 g/mol. The Morgan fingerprint density at radius 1 is 0.455 bits per heavy atom. The van der Waals surface area contributed by atoms with Crippen LogP contribution in [0.1, 0.15) is 115 Å². The van der Waals surface area contributed by atoms with Gasteiger partial charge in [-0.2, -0.15) is 0 Å². The van der Waals surface area contributed by atoms with Crippen LogP contribution >= 0.6 is 0 Å². The molecule has 2 nitrogen and oxygen atoms in total. The Labute approximate surface area is 234 Å². The molecule has 180 valence electrons. The predicted molar refractivity (Wildman–Crippen MR) is 141 cm³/mol. The molecule has 0 atom stereocenters. The largest absolute Gasteiger partial charge is 2.00 e. The normalized spacial score (nSPS) is 10.2. The fourth-order valence-corrected chi connectivity index (χ4v) is 3.97. The van der Waals surface area contributed by atoms with E-state index in [0.717, 1.165) is 36.8 Å². The molecule has 3 heteroatoms. The molecule has 0 spiro atoms. The molecule has 0 N–H and O–H groups in total. The Bertz CT molecular complexity index is 627. The van der Waals surface area contributed by atoms with Crippen molar-refractivity contribution in [3.05, 3.63) is 59.7 Å². The van der Waals surface area contributed by atoms with Crippen LogP contribution < -0.4 is 10.2 Å². The van der Waals surface area contributed by atoms with Gasteiger partial charge in [0.25, 0.3) is 0 Å². The second-order valence-corrected chi connectivity index (χ2v) is 8.96. The van der Waals surface area contributed by atoms with E-state index in [-0.39, 0.29) is 49.2 Å². The van der Waals surface area contributed by atoms with Crippen LogP contribution in [0.5, 0.6) is 11.5 Å². The van der Waals surface area contributed by atoms with Gasteiger partial charge in [0, 0.05) is 0 Å². The third-order valence-electron chi connectivity index (χ3n) is 6.04. The number of aryl methyl sites for hydroxylation is 2. The summed E-state index contributed by atoms with van der Waals surface area (Å²) in [4.78, 5) is 0. The first-order chi connectivity index (χ1) is 15.7. The summed E-state index contributed by atoms with van der Waals surface area (Å²) in [5.74, 6) is 0.405. The quantitative estimate of drug-likeness (QED) is 0.183. The molecule has 0 radical (unpaired) electrons. The fourth-order valence-electron chi connectivity index (χ4n) is 3.97. The molecular formula is C30H46CaO2. The summed E-state index contributed by atoms with van der Waals surface area (Å²) in [6, 6.07) is 14.8. The van der Waals surface area contributed by atoms with Crippen LogP contribution in [0.4, 0.5) is 0 Å². The molecule has 0 unspecified atom stereocenters. The Morgan fingerprint density at radius 2 is 0.758 bits per heavy atom. The van der Waals surface area contributed by atoms with Crippen LogP contribution in [0, 0.1) is 0 Å². The number of benzene rings is 2. The molecule has 0 fully saturated rings. The van der Waals surface area contributed by atoms with E-state index in [1.165, 1.54) is 77.0 Å². The van der Waals surface area contributed by atoms with Crippen molar-refractivity contribution >= 4 is 37.7 Å². The van der Waals surface area contributed by atoms with Gasteiger partial charge in [-0.05, 0) is 25.7 Å². The van der Waals surface area contributed by atoms with E-state index < -0.39 is 0 Å². The summed E-state index contributed by atoms with van der Waals surface area (Å²) in [6.07, 6.45) is 20.2. The predicted octanol–water partition coefficient (Wildman–Crippen LogP) is 7.73. The summed E-state index contributed by atoms with van der Waals surface area (Å²) in [5, 5.41) is 22.8. The van der Waals surface area contributed by atoms with E-state index in [0.29, 0.717) is 0 Å².